The number of benzene rings is 1. The van der Waals surface area contributed by atoms with Crippen molar-refractivity contribution in [1.82, 2.24) is 0 Å². The van der Waals surface area contributed by atoms with Crippen molar-refractivity contribution in [3.05, 3.63) is 35.9 Å². The van der Waals surface area contributed by atoms with Crippen molar-refractivity contribution in [2.75, 3.05) is 0 Å². The second-order valence-corrected chi connectivity index (χ2v) is 6.81. The predicted molar refractivity (Wildman–Crippen MR) is 76.5 cm³/mol. The normalized spacial score (nSPS) is 35.0. The molecule has 0 heterocycles. The van der Waals surface area contributed by atoms with Gasteiger partial charge in [-0.05, 0) is 35.8 Å². The highest BCUT2D eigenvalue weighted by Crippen LogP contribution is 2.70. The van der Waals surface area contributed by atoms with E-state index < -0.39 is 5.41 Å². The molecule has 2 fully saturated rings. The zero-order valence-electron chi connectivity index (χ0n) is 11.9. The first-order valence-electron chi connectivity index (χ1n) is 7.03. The van der Waals surface area contributed by atoms with Gasteiger partial charge in [-0.1, -0.05) is 50.8 Å². The third kappa shape index (κ3) is 1.46. The van der Waals surface area contributed by atoms with E-state index in [1.54, 1.807) is 0 Å². The minimum atomic E-state index is -0.419. The number of hydrogen-bond acceptors (Lipinski definition) is 1. The standard InChI is InChI=1S/C18H20O/c1-16(2)17(3)11-12-18(16,15(19)13-17)10-9-14-7-5-4-6-8-14/h4-8H,11-13H2,1-3H3. The maximum Gasteiger partial charge on any atom is 0.152 e. The summed E-state index contributed by atoms with van der Waals surface area (Å²) in [4.78, 5) is 12.5. The molecule has 1 aromatic carbocycles. The molecule has 19 heavy (non-hydrogen) atoms. The Morgan fingerprint density at radius 3 is 2.26 bits per heavy atom. The van der Waals surface area contributed by atoms with Crippen LogP contribution in [0.5, 0.6) is 0 Å². The second-order valence-electron chi connectivity index (χ2n) is 6.81. The molecule has 3 rings (SSSR count). The van der Waals surface area contributed by atoms with Crippen LogP contribution < -0.4 is 0 Å². The van der Waals surface area contributed by atoms with Crippen LogP contribution in [0.4, 0.5) is 0 Å². The molecule has 98 valence electrons. The number of hydrogen-bond donors (Lipinski definition) is 0. The third-order valence-corrected chi connectivity index (χ3v) is 5.85. The van der Waals surface area contributed by atoms with Gasteiger partial charge in [0.05, 0.1) is 5.41 Å². The summed E-state index contributed by atoms with van der Waals surface area (Å²) in [7, 11) is 0. The molecule has 2 saturated carbocycles. The topological polar surface area (TPSA) is 17.1 Å². The monoisotopic (exact) mass is 252 g/mol. The number of ketones is 1. The molecular weight excluding hydrogens is 232 g/mol. The Morgan fingerprint density at radius 1 is 1.05 bits per heavy atom. The van der Waals surface area contributed by atoms with Crippen molar-refractivity contribution in [3.8, 4) is 11.8 Å². The minimum Gasteiger partial charge on any atom is -0.298 e. The minimum absolute atomic E-state index is 0.0150. The van der Waals surface area contributed by atoms with Gasteiger partial charge in [-0.25, -0.2) is 0 Å². The van der Waals surface area contributed by atoms with E-state index in [2.05, 4.69) is 32.6 Å². The molecule has 2 bridgehead atoms. The number of carbonyl (C=O) groups is 1. The Morgan fingerprint density at radius 2 is 1.74 bits per heavy atom. The average molecular weight is 252 g/mol. The van der Waals surface area contributed by atoms with Crippen molar-refractivity contribution in [3.63, 3.8) is 0 Å². The molecule has 0 saturated heterocycles. The summed E-state index contributed by atoms with van der Waals surface area (Å²) < 4.78 is 0. The smallest absolute Gasteiger partial charge is 0.152 e. The van der Waals surface area contributed by atoms with Crippen molar-refractivity contribution < 1.29 is 4.79 Å². The Bertz CT molecular complexity index is 587. The largest absolute Gasteiger partial charge is 0.298 e. The van der Waals surface area contributed by atoms with E-state index in [-0.39, 0.29) is 10.8 Å². The molecule has 2 aliphatic rings. The number of rotatable bonds is 0. The molecule has 2 unspecified atom stereocenters. The summed E-state index contributed by atoms with van der Waals surface area (Å²) in [6.07, 6.45) is 2.74. The van der Waals surface area contributed by atoms with Crippen LogP contribution in [0.1, 0.15) is 45.6 Å². The summed E-state index contributed by atoms with van der Waals surface area (Å²) in [5.41, 5.74) is 0.701. The molecule has 0 aliphatic heterocycles. The first kappa shape index (κ1) is 12.5. The fourth-order valence-electron chi connectivity index (χ4n) is 3.89. The fraction of sp³-hybridized carbons (Fsp3) is 0.500. The first-order valence-corrected chi connectivity index (χ1v) is 7.03. The molecule has 1 aromatic rings. The van der Waals surface area contributed by atoms with Gasteiger partial charge in [0, 0.05) is 12.0 Å². The van der Waals surface area contributed by atoms with E-state index in [9.17, 15) is 4.79 Å². The van der Waals surface area contributed by atoms with Crippen LogP contribution in [0, 0.1) is 28.1 Å². The Hall–Kier alpha value is -1.55. The zero-order chi connectivity index (χ0) is 13.7. The van der Waals surface area contributed by atoms with E-state index >= 15 is 0 Å². The summed E-state index contributed by atoms with van der Waals surface area (Å²) >= 11 is 0. The van der Waals surface area contributed by atoms with Gasteiger partial charge in [-0.3, -0.25) is 4.79 Å². The van der Waals surface area contributed by atoms with Crippen LogP contribution in [0.3, 0.4) is 0 Å². The second kappa shape index (κ2) is 3.73. The van der Waals surface area contributed by atoms with Crippen LogP contribution in [-0.4, -0.2) is 5.78 Å². The average Bonchev–Trinajstić information content (AvgIpc) is 2.66. The molecule has 0 radical (unpaired) electrons. The van der Waals surface area contributed by atoms with Gasteiger partial charge in [-0.15, -0.1) is 0 Å². The fourth-order valence-corrected chi connectivity index (χ4v) is 3.89. The predicted octanol–water partition coefficient (Wildman–Crippen LogP) is 3.82. The SMILES string of the molecule is CC12CCC(C#Cc3ccccc3)(C(=O)C1)C2(C)C. The molecule has 0 aromatic heterocycles. The first-order chi connectivity index (χ1) is 8.91. The lowest BCUT2D eigenvalue weighted by Gasteiger charge is -2.36. The van der Waals surface area contributed by atoms with E-state index in [0.717, 1.165) is 18.4 Å². The van der Waals surface area contributed by atoms with Gasteiger partial charge in [0.1, 0.15) is 0 Å². The van der Waals surface area contributed by atoms with Gasteiger partial charge in [0.15, 0.2) is 5.78 Å². The lowest BCUT2D eigenvalue weighted by atomic mass is 9.65. The van der Waals surface area contributed by atoms with Gasteiger partial charge >= 0.3 is 0 Å². The summed E-state index contributed by atoms with van der Waals surface area (Å²) in [6, 6.07) is 9.97. The van der Waals surface area contributed by atoms with E-state index in [0.29, 0.717) is 12.2 Å². The number of fused-ring (bicyclic) bond motifs is 2. The number of Topliss-reactive ketones (excluding diaryl/α,β-unsaturated/α-hetero) is 1. The molecular formula is C18H20O. The Kier molecular flexibility index (Phi) is 2.45. The van der Waals surface area contributed by atoms with Gasteiger partial charge in [0.25, 0.3) is 0 Å². The lowest BCUT2D eigenvalue weighted by Crippen LogP contribution is -2.36. The van der Waals surface area contributed by atoms with Crippen molar-refractivity contribution >= 4 is 5.78 Å². The highest BCUT2D eigenvalue weighted by Gasteiger charge is 2.69. The van der Waals surface area contributed by atoms with E-state index in [1.165, 1.54) is 0 Å². The van der Waals surface area contributed by atoms with Crippen LogP contribution in [0.15, 0.2) is 30.3 Å². The molecule has 1 nitrogen and oxygen atoms in total. The van der Waals surface area contributed by atoms with Gasteiger partial charge in [-0.2, -0.15) is 0 Å². The lowest BCUT2D eigenvalue weighted by molar-refractivity contribution is -0.126. The molecule has 0 spiro atoms. The third-order valence-electron chi connectivity index (χ3n) is 5.85. The maximum absolute atomic E-state index is 12.5. The van der Waals surface area contributed by atoms with Crippen LogP contribution in [-0.2, 0) is 4.79 Å². The van der Waals surface area contributed by atoms with Crippen LogP contribution >= 0.6 is 0 Å². The molecule has 0 amide bonds. The molecule has 0 N–H and O–H groups in total. The van der Waals surface area contributed by atoms with E-state index in [1.807, 2.05) is 30.3 Å². The summed E-state index contributed by atoms with van der Waals surface area (Å²) in [5, 5.41) is 0. The quantitative estimate of drug-likeness (QED) is 0.641. The highest BCUT2D eigenvalue weighted by molar-refractivity contribution is 5.93. The van der Waals surface area contributed by atoms with Crippen molar-refractivity contribution in [2.45, 2.75) is 40.0 Å². The van der Waals surface area contributed by atoms with Gasteiger partial charge < -0.3 is 0 Å². The number of carbonyl (C=O) groups excluding carboxylic acids is 1. The molecule has 2 aliphatic carbocycles. The Labute approximate surface area is 115 Å². The van der Waals surface area contributed by atoms with Crippen molar-refractivity contribution in [1.29, 1.82) is 0 Å². The molecule has 1 heteroatoms. The maximum atomic E-state index is 12.5. The van der Waals surface area contributed by atoms with E-state index in [4.69, 9.17) is 0 Å². The van der Waals surface area contributed by atoms with Crippen molar-refractivity contribution in [2.24, 2.45) is 16.2 Å². The van der Waals surface area contributed by atoms with Crippen LogP contribution in [0.25, 0.3) is 0 Å². The molecule has 2 atom stereocenters. The van der Waals surface area contributed by atoms with Crippen LogP contribution in [0.2, 0.25) is 0 Å². The highest BCUT2D eigenvalue weighted by atomic mass is 16.1. The Balaban J connectivity index is 2.05. The zero-order valence-corrected chi connectivity index (χ0v) is 11.9. The summed E-state index contributed by atoms with van der Waals surface area (Å²) in [5.74, 6) is 6.96. The van der Waals surface area contributed by atoms with Gasteiger partial charge in [0.2, 0.25) is 0 Å². The summed E-state index contributed by atoms with van der Waals surface area (Å²) in [6.45, 7) is 6.71.